The van der Waals surface area contributed by atoms with Crippen LogP contribution in [0.15, 0.2) is 66.7 Å². The Labute approximate surface area is 163 Å². The van der Waals surface area contributed by atoms with Crippen LogP contribution < -0.4 is 10.1 Å². The lowest BCUT2D eigenvalue weighted by Crippen LogP contribution is -1.86. The third-order valence-corrected chi connectivity index (χ3v) is 5.49. The largest absolute Gasteiger partial charge is 0.497 e. The molecule has 0 unspecified atom stereocenters. The minimum absolute atomic E-state index is 0.862. The summed E-state index contributed by atoms with van der Waals surface area (Å²) in [5, 5.41) is 4.15. The fourth-order valence-electron chi connectivity index (χ4n) is 2.85. The molecule has 3 nitrogen and oxygen atoms in total. The van der Waals surface area contributed by atoms with E-state index in [1.54, 1.807) is 18.4 Å². The van der Waals surface area contributed by atoms with Gasteiger partial charge < -0.3 is 10.1 Å². The van der Waals surface area contributed by atoms with Gasteiger partial charge >= 0.3 is 0 Å². The number of nitrogens with one attached hydrogen (secondary N) is 1. The third kappa shape index (κ3) is 3.86. The van der Waals surface area contributed by atoms with E-state index in [4.69, 9.17) is 9.72 Å². The molecule has 0 saturated heterocycles. The van der Waals surface area contributed by atoms with Gasteiger partial charge in [-0.3, -0.25) is 0 Å². The zero-order chi connectivity index (χ0) is 18.6. The van der Waals surface area contributed by atoms with Gasteiger partial charge in [0.1, 0.15) is 10.8 Å². The van der Waals surface area contributed by atoms with Crippen molar-refractivity contribution in [1.82, 2.24) is 4.98 Å². The lowest BCUT2D eigenvalue weighted by Gasteiger charge is -2.00. The van der Waals surface area contributed by atoms with E-state index >= 15 is 0 Å². The zero-order valence-corrected chi connectivity index (χ0v) is 16.1. The minimum atomic E-state index is 0.862. The summed E-state index contributed by atoms with van der Waals surface area (Å²) in [6.07, 6.45) is 4.25. The van der Waals surface area contributed by atoms with E-state index in [2.05, 4.69) is 66.0 Å². The fraction of sp³-hybridized carbons (Fsp3) is 0.0870. The first kappa shape index (κ1) is 17.3. The van der Waals surface area contributed by atoms with Crippen molar-refractivity contribution in [2.75, 3.05) is 19.5 Å². The minimum Gasteiger partial charge on any atom is -0.497 e. The Hall–Kier alpha value is -3.11. The van der Waals surface area contributed by atoms with Gasteiger partial charge in [-0.2, -0.15) is 0 Å². The topological polar surface area (TPSA) is 34.2 Å². The van der Waals surface area contributed by atoms with E-state index < -0.39 is 0 Å². The van der Waals surface area contributed by atoms with E-state index in [1.807, 2.05) is 25.2 Å². The van der Waals surface area contributed by atoms with E-state index in [9.17, 15) is 0 Å². The van der Waals surface area contributed by atoms with Crippen LogP contribution in [0, 0.1) is 0 Å². The molecule has 1 heterocycles. The smallest absolute Gasteiger partial charge is 0.124 e. The number of benzene rings is 3. The molecule has 27 heavy (non-hydrogen) atoms. The molecular formula is C23H20N2OS. The first-order valence-electron chi connectivity index (χ1n) is 8.76. The van der Waals surface area contributed by atoms with Crippen LogP contribution in [0.5, 0.6) is 5.75 Å². The molecule has 4 rings (SSSR count). The number of nitrogens with zero attached hydrogens (tertiary/aromatic N) is 1. The van der Waals surface area contributed by atoms with Crippen LogP contribution in [0.3, 0.4) is 0 Å². The van der Waals surface area contributed by atoms with Crippen LogP contribution in [-0.2, 0) is 0 Å². The maximum atomic E-state index is 5.30. The molecule has 0 atom stereocenters. The number of hydrogen-bond donors (Lipinski definition) is 1. The number of rotatable bonds is 5. The molecule has 4 heteroatoms. The van der Waals surface area contributed by atoms with Crippen molar-refractivity contribution < 1.29 is 4.74 Å². The number of hydrogen-bond acceptors (Lipinski definition) is 4. The monoisotopic (exact) mass is 372 g/mol. The summed E-state index contributed by atoms with van der Waals surface area (Å²) in [6, 6.07) is 22.8. The van der Waals surface area contributed by atoms with E-state index in [0.717, 1.165) is 32.2 Å². The molecule has 0 radical (unpaired) electrons. The van der Waals surface area contributed by atoms with Crippen molar-refractivity contribution >= 4 is 39.4 Å². The number of fused-ring (bicyclic) bond motifs is 1. The van der Waals surface area contributed by atoms with Crippen molar-refractivity contribution in [1.29, 1.82) is 0 Å². The number of aromatic nitrogens is 1. The molecule has 4 aromatic rings. The van der Waals surface area contributed by atoms with Gasteiger partial charge in [-0.15, -0.1) is 11.3 Å². The van der Waals surface area contributed by atoms with Gasteiger partial charge in [-0.05, 0) is 41.5 Å². The quantitative estimate of drug-likeness (QED) is 0.425. The zero-order valence-electron chi connectivity index (χ0n) is 15.3. The summed E-state index contributed by atoms with van der Waals surface area (Å²) in [5.41, 5.74) is 5.60. The predicted octanol–water partition coefficient (Wildman–Crippen LogP) is 6.18. The van der Waals surface area contributed by atoms with Gasteiger partial charge in [0.05, 0.1) is 17.3 Å². The Morgan fingerprint density at radius 3 is 2.19 bits per heavy atom. The van der Waals surface area contributed by atoms with Crippen LogP contribution in [0.1, 0.15) is 11.1 Å². The fourth-order valence-corrected chi connectivity index (χ4v) is 3.85. The number of methoxy groups -OCH3 is 1. The Balaban J connectivity index is 1.53. The summed E-state index contributed by atoms with van der Waals surface area (Å²) in [7, 11) is 3.61. The highest BCUT2D eigenvalue weighted by Crippen LogP contribution is 2.32. The second kappa shape index (κ2) is 7.64. The van der Waals surface area contributed by atoms with Gasteiger partial charge in [0.15, 0.2) is 0 Å². The van der Waals surface area contributed by atoms with Gasteiger partial charge in [-0.1, -0.05) is 48.6 Å². The van der Waals surface area contributed by atoms with Gasteiger partial charge in [-0.25, -0.2) is 4.98 Å². The van der Waals surface area contributed by atoms with E-state index in [1.165, 1.54) is 11.1 Å². The Morgan fingerprint density at radius 1 is 0.889 bits per heavy atom. The highest BCUT2D eigenvalue weighted by atomic mass is 32.1. The van der Waals surface area contributed by atoms with Crippen molar-refractivity contribution in [3.05, 3.63) is 77.9 Å². The third-order valence-electron chi connectivity index (χ3n) is 4.42. The van der Waals surface area contributed by atoms with Gasteiger partial charge in [0.25, 0.3) is 0 Å². The molecule has 134 valence electrons. The molecule has 0 spiro atoms. The van der Waals surface area contributed by atoms with Crippen LogP contribution in [-0.4, -0.2) is 19.1 Å². The second-order valence-corrected chi connectivity index (χ2v) is 7.21. The molecule has 0 saturated carbocycles. The first-order chi connectivity index (χ1) is 13.2. The molecule has 1 N–H and O–H groups in total. The van der Waals surface area contributed by atoms with Gasteiger partial charge in [0.2, 0.25) is 0 Å². The standard InChI is InChI=1S/C23H20N2OS/c1-24-19-11-7-17(8-12-19)4-3-16-5-9-18(10-6-16)23-25-21-14-13-20(26-2)15-22(21)27-23/h3-15,24H,1-2H3/b4-3+. The predicted molar refractivity (Wildman–Crippen MR) is 117 cm³/mol. The lowest BCUT2D eigenvalue weighted by atomic mass is 10.1. The number of anilines is 1. The summed E-state index contributed by atoms with van der Waals surface area (Å²) >= 11 is 1.68. The van der Waals surface area contributed by atoms with Crippen LogP contribution >= 0.6 is 11.3 Å². The van der Waals surface area contributed by atoms with Crippen molar-refractivity contribution in [2.45, 2.75) is 0 Å². The summed E-state index contributed by atoms with van der Waals surface area (Å²) < 4.78 is 6.43. The van der Waals surface area contributed by atoms with Crippen LogP contribution in [0.2, 0.25) is 0 Å². The average Bonchev–Trinajstić information content (AvgIpc) is 3.16. The van der Waals surface area contributed by atoms with Crippen molar-refractivity contribution in [3.63, 3.8) is 0 Å². The molecule has 0 bridgehead atoms. The van der Waals surface area contributed by atoms with Crippen LogP contribution in [0.4, 0.5) is 5.69 Å². The Kier molecular flexibility index (Phi) is 4.90. The van der Waals surface area contributed by atoms with Crippen LogP contribution in [0.25, 0.3) is 32.9 Å². The first-order valence-corrected chi connectivity index (χ1v) is 9.58. The van der Waals surface area contributed by atoms with Gasteiger partial charge in [0, 0.05) is 18.3 Å². The maximum absolute atomic E-state index is 5.30. The molecule has 1 aromatic heterocycles. The molecular weight excluding hydrogens is 352 g/mol. The normalized spacial score (nSPS) is 11.2. The van der Waals surface area contributed by atoms with E-state index in [-0.39, 0.29) is 0 Å². The summed E-state index contributed by atoms with van der Waals surface area (Å²) in [5.74, 6) is 0.862. The highest BCUT2D eigenvalue weighted by molar-refractivity contribution is 7.21. The van der Waals surface area contributed by atoms with E-state index in [0.29, 0.717) is 0 Å². The lowest BCUT2D eigenvalue weighted by molar-refractivity contribution is 0.415. The SMILES string of the molecule is CNc1ccc(/C=C/c2ccc(-c3nc4ccc(OC)cc4s3)cc2)cc1. The maximum Gasteiger partial charge on any atom is 0.124 e. The molecule has 0 aliphatic heterocycles. The molecule has 0 fully saturated rings. The Morgan fingerprint density at radius 2 is 1.56 bits per heavy atom. The molecule has 0 aliphatic carbocycles. The van der Waals surface area contributed by atoms with Crippen molar-refractivity contribution in [2.24, 2.45) is 0 Å². The Bertz CT molecular complexity index is 1080. The summed E-state index contributed by atoms with van der Waals surface area (Å²) in [6.45, 7) is 0. The highest BCUT2D eigenvalue weighted by Gasteiger charge is 2.07. The average molecular weight is 372 g/mol. The molecule has 0 aliphatic rings. The summed E-state index contributed by atoms with van der Waals surface area (Å²) in [4.78, 5) is 4.74. The molecule has 3 aromatic carbocycles. The molecule has 0 amide bonds. The van der Waals surface area contributed by atoms with Crippen molar-refractivity contribution in [3.8, 4) is 16.3 Å². The number of ether oxygens (including phenoxy) is 1. The number of thiazole rings is 1. The second-order valence-electron chi connectivity index (χ2n) is 6.18.